The van der Waals surface area contributed by atoms with E-state index in [9.17, 15) is 0 Å². The minimum Gasteiger partial charge on any atom is -0.405 e. The van der Waals surface area contributed by atoms with E-state index in [1.807, 2.05) is 0 Å². The third kappa shape index (κ3) is 10.2. The van der Waals surface area contributed by atoms with Gasteiger partial charge in [-0.2, -0.15) is 0 Å². The summed E-state index contributed by atoms with van der Waals surface area (Å²) < 4.78 is 13.1. The molecular formula is C39H60BBrO2. The lowest BCUT2D eigenvalue weighted by Gasteiger charge is -2.33. The van der Waals surface area contributed by atoms with Crippen molar-refractivity contribution in [2.75, 3.05) is 13.2 Å². The predicted molar refractivity (Wildman–Crippen MR) is 191 cm³/mol. The second kappa shape index (κ2) is 19.4. The molecule has 0 bridgehead atoms. The van der Waals surface area contributed by atoms with E-state index in [0.29, 0.717) is 13.2 Å². The van der Waals surface area contributed by atoms with Crippen molar-refractivity contribution in [3.8, 4) is 11.1 Å². The van der Waals surface area contributed by atoms with Gasteiger partial charge >= 0.3 is 7.12 Å². The molecule has 0 aromatic heterocycles. The van der Waals surface area contributed by atoms with Gasteiger partial charge in [-0.25, -0.2) is 0 Å². The highest BCUT2D eigenvalue weighted by molar-refractivity contribution is 9.10. The summed E-state index contributed by atoms with van der Waals surface area (Å²) in [5.74, 6) is 0. The highest BCUT2D eigenvalue weighted by Crippen LogP contribution is 2.54. The number of hydrogen-bond donors (Lipinski definition) is 0. The molecule has 0 atom stereocenters. The zero-order valence-electron chi connectivity index (χ0n) is 27.7. The lowest BCUT2D eigenvalue weighted by Crippen LogP contribution is -2.34. The van der Waals surface area contributed by atoms with E-state index in [0.717, 1.165) is 0 Å². The fourth-order valence-electron chi connectivity index (χ4n) is 7.67. The lowest BCUT2D eigenvalue weighted by molar-refractivity contribution is 0.365. The Kier molecular flexibility index (Phi) is 15.7. The number of benzene rings is 2. The molecule has 1 fully saturated rings. The van der Waals surface area contributed by atoms with Crippen molar-refractivity contribution < 1.29 is 9.31 Å². The number of unbranched alkanes of at least 4 members (excludes halogenated alkanes) is 18. The van der Waals surface area contributed by atoms with Crippen LogP contribution in [0.15, 0.2) is 40.9 Å². The molecule has 0 saturated carbocycles. The Hall–Kier alpha value is -1.10. The number of hydrogen-bond acceptors (Lipinski definition) is 2. The summed E-state index contributed by atoms with van der Waals surface area (Å²) in [4.78, 5) is 0. The quantitative estimate of drug-likeness (QED) is 0.0879. The van der Waals surface area contributed by atoms with Crippen LogP contribution in [-0.2, 0) is 14.7 Å². The third-order valence-electron chi connectivity index (χ3n) is 10.2. The molecule has 1 aliphatic heterocycles. The summed E-state index contributed by atoms with van der Waals surface area (Å²) in [7, 11) is -0.215. The van der Waals surface area contributed by atoms with Crippen LogP contribution < -0.4 is 5.46 Å². The van der Waals surface area contributed by atoms with E-state index in [2.05, 4.69) is 66.2 Å². The van der Waals surface area contributed by atoms with Crippen LogP contribution >= 0.6 is 15.9 Å². The zero-order valence-corrected chi connectivity index (χ0v) is 29.3. The Bertz CT molecular complexity index is 1040. The minimum absolute atomic E-state index is 0.0867. The van der Waals surface area contributed by atoms with Gasteiger partial charge in [-0.1, -0.05) is 182 Å². The molecule has 1 saturated heterocycles. The summed E-state index contributed by atoms with van der Waals surface area (Å²) in [5, 5.41) is 0. The highest BCUT2D eigenvalue weighted by Gasteiger charge is 2.43. The molecule has 2 aromatic rings. The topological polar surface area (TPSA) is 18.5 Å². The molecule has 4 rings (SSSR count). The second-order valence-corrected chi connectivity index (χ2v) is 14.4. The van der Waals surface area contributed by atoms with E-state index in [-0.39, 0.29) is 12.5 Å². The van der Waals surface area contributed by atoms with Gasteiger partial charge in [0.15, 0.2) is 0 Å². The first-order chi connectivity index (χ1) is 21.2. The van der Waals surface area contributed by atoms with E-state index in [1.165, 1.54) is 168 Å². The molecule has 0 radical (unpaired) electrons. The van der Waals surface area contributed by atoms with Crippen LogP contribution in [0.5, 0.6) is 0 Å². The Morgan fingerprint density at radius 2 is 0.977 bits per heavy atom. The van der Waals surface area contributed by atoms with Crippen molar-refractivity contribution in [2.45, 2.75) is 161 Å². The van der Waals surface area contributed by atoms with Crippen LogP contribution in [0.3, 0.4) is 0 Å². The second-order valence-electron chi connectivity index (χ2n) is 13.5. The van der Waals surface area contributed by atoms with Crippen molar-refractivity contribution in [1.82, 2.24) is 0 Å². The molecule has 0 spiro atoms. The fourth-order valence-corrected chi connectivity index (χ4v) is 8.04. The maximum Gasteiger partial charge on any atom is 0.494 e. The van der Waals surface area contributed by atoms with E-state index in [4.69, 9.17) is 9.31 Å². The van der Waals surface area contributed by atoms with Crippen LogP contribution in [0.4, 0.5) is 0 Å². The molecule has 2 aliphatic rings. The molecule has 4 heteroatoms. The van der Waals surface area contributed by atoms with Crippen LogP contribution in [0.2, 0.25) is 0 Å². The lowest BCUT2D eigenvalue weighted by atomic mass is 9.68. The van der Waals surface area contributed by atoms with Gasteiger partial charge in [0.2, 0.25) is 0 Å². The highest BCUT2D eigenvalue weighted by atomic mass is 79.9. The van der Waals surface area contributed by atoms with E-state index >= 15 is 0 Å². The first-order valence-electron chi connectivity index (χ1n) is 18.4. The van der Waals surface area contributed by atoms with Gasteiger partial charge in [0.05, 0.1) is 13.2 Å². The number of fused-ring (bicyclic) bond motifs is 3. The Morgan fingerprint density at radius 3 is 1.47 bits per heavy atom. The molecule has 2 nitrogen and oxygen atoms in total. The summed E-state index contributed by atoms with van der Waals surface area (Å²) in [6.07, 6.45) is 30.2. The molecule has 1 aliphatic carbocycles. The SMILES string of the molecule is CCCCCCCCCCCCC1(CCCCCCCCCCCC)c2cc(Br)ccc2-c2ccc(B3OCCO3)cc21. The summed E-state index contributed by atoms with van der Waals surface area (Å²) >= 11 is 3.86. The van der Waals surface area contributed by atoms with Gasteiger partial charge in [0.25, 0.3) is 0 Å². The summed E-state index contributed by atoms with van der Waals surface area (Å²) in [5.41, 5.74) is 7.24. The van der Waals surface area contributed by atoms with Crippen molar-refractivity contribution in [2.24, 2.45) is 0 Å². The molecule has 2 aromatic carbocycles. The van der Waals surface area contributed by atoms with E-state index < -0.39 is 0 Å². The number of rotatable bonds is 23. The van der Waals surface area contributed by atoms with Crippen LogP contribution in [-0.4, -0.2) is 20.3 Å². The molecule has 0 N–H and O–H groups in total. The Balaban J connectivity index is 1.42. The van der Waals surface area contributed by atoms with Gasteiger partial charge in [0, 0.05) is 9.89 Å². The fraction of sp³-hybridized carbons (Fsp3) is 0.692. The van der Waals surface area contributed by atoms with Gasteiger partial charge in [0.1, 0.15) is 0 Å². The smallest absolute Gasteiger partial charge is 0.405 e. The standard InChI is InChI=1S/C39H60BBrO2/c1-3-5-7-9-11-13-15-17-19-21-27-39(28-22-20-18-16-14-12-10-8-6-4-2)37-31-33(40-42-29-30-43-40)23-25-35(37)36-26-24-34(41)32-38(36)39/h23-26,31-32H,3-22,27-30H2,1-2H3. The average molecular weight is 652 g/mol. The normalized spacial score (nSPS) is 15.3. The predicted octanol–water partition coefficient (Wildman–Crippen LogP) is 12.1. The van der Waals surface area contributed by atoms with Crippen LogP contribution in [0.1, 0.15) is 166 Å². The third-order valence-corrected chi connectivity index (χ3v) is 10.6. The minimum atomic E-state index is -0.215. The zero-order chi connectivity index (χ0) is 30.2. The first kappa shape index (κ1) is 34.8. The average Bonchev–Trinajstić information content (AvgIpc) is 3.65. The monoisotopic (exact) mass is 650 g/mol. The molecule has 0 amide bonds. The van der Waals surface area contributed by atoms with Gasteiger partial charge in [-0.15, -0.1) is 0 Å². The molecule has 0 unspecified atom stereocenters. The first-order valence-corrected chi connectivity index (χ1v) is 19.2. The van der Waals surface area contributed by atoms with Crippen LogP contribution in [0.25, 0.3) is 11.1 Å². The van der Waals surface area contributed by atoms with Gasteiger partial charge in [-0.3, -0.25) is 0 Å². The van der Waals surface area contributed by atoms with Crippen molar-refractivity contribution in [3.63, 3.8) is 0 Å². The Morgan fingerprint density at radius 1 is 0.558 bits per heavy atom. The van der Waals surface area contributed by atoms with Crippen molar-refractivity contribution >= 4 is 28.5 Å². The van der Waals surface area contributed by atoms with E-state index in [1.54, 1.807) is 5.56 Å². The molecule has 1 heterocycles. The van der Waals surface area contributed by atoms with Gasteiger partial charge in [-0.05, 0) is 52.7 Å². The Labute approximate surface area is 273 Å². The summed E-state index contributed by atoms with van der Waals surface area (Å²) in [6, 6.07) is 14.1. The van der Waals surface area contributed by atoms with Crippen molar-refractivity contribution in [3.05, 3.63) is 52.0 Å². The molecular weight excluding hydrogens is 591 g/mol. The molecule has 43 heavy (non-hydrogen) atoms. The maximum absolute atomic E-state index is 5.97. The summed E-state index contributed by atoms with van der Waals surface area (Å²) in [6.45, 7) is 5.99. The largest absolute Gasteiger partial charge is 0.494 e. The van der Waals surface area contributed by atoms with Crippen molar-refractivity contribution in [1.29, 1.82) is 0 Å². The molecule has 238 valence electrons. The van der Waals surface area contributed by atoms with Gasteiger partial charge < -0.3 is 9.31 Å². The van der Waals surface area contributed by atoms with Crippen LogP contribution in [0, 0.1) is 0 Å². The maximum atomic E-state index is 5.97. The number of halogens is 1.